The second kappa shape index (κ2) is 10.00. The first kappa shape index (κ1) is 15.7. The Morgan fingerprint density at radius 2 is 1.86 bits per heavy atom. The maximum absolute atomic E-state index is 9.59. The van der Waals surface area contributed by atoms with Crippen LogP contribution in [0.3, 0.4) is 0 Å². The molecule has 0 unspecified atom stereocenters. The first-order valence-electron chi connectivity index (χ1n) is 1.31. The fourth-order valence-corrected chi connectivity index (χ4v) is 0. The fourth-order valence-electron chi connectivity index (χ4n) is 0. The summed E-state index contributed by atoms with van der Waals surface area (Å²) in [6.07, 6.45) is 0. The van der Waals surface area contributed by atoms with Crippen molar-refractivity contribution in [3.63, 3.8) is 0 Å². The van der Waals surface area contributed by atoms with Gasteiger partial charge >= 0.3 is 37.7 Å². The zero-order valence-electron chi connectivity index (χ0n) is 4.20. The molecule has 0 heterocycles. The zero-order chi connectivity index (χ0) is 4.28. The molecule has 0 saturated heterocycles. The first-order chi connectivity index (χ1) is 2.27. The van der Waals surface area contributed by atoms with Crippen molar-refractivity contribution in [3.8, 4) is 0 Å². The molecule has 0 atom stereocenters. The van der Waals surface area contributed by atoms with E-state index in [-0.39, 0.29) is 56.1 Å². The third kappa shape index (κ3) is 19.7. The Balaban J connectivity index is -0.0000000800. The molecule has 0 aromatic carbocycles. The van der Waals surface area contributed by atoms with Crippen LogP contribution in [0.5, 0.6) is 0 Å². The first-order valence-corrected chi connectivity index (χ1v) is 1.31. The van der Waals surface area contributed by atoms with Crippen molar-refractivity contribution < 1.29 is 17.2 Å². The molecule has 0 aliphatic rings. The van der Waals surface area contributed by atoms with Crippen LogP contribution in [0.25, 0.3) is 0 Å². The summed E-state index contributed by atoms with van der Waals surface area (Å²) >= 11 is 0. The molecule has 1 N–H and O–H groups in total. The Bertz CT molecular complexity index is 50.2. The Morgan fingerprint density at radius 1 is 1.71 bits per heavy atom. The van der Waals surface area contributed by atoms with Gasteiger partial charge in [-0.25, -0.2) is 0 Å². The van der Waals surface area contributed by atoms with Crippen LogP contribution in [0.2, 0.25) is 0 Å². The molecule has 0 radical (unpaired) electrons. The van der Waals surface area contributed by atoms with Gasteiger partial charge in [-0.3, -0.25) is 0 Å². The van der Waals surface area contributed by atoms with Gasteiger partial charge in [0.1, 0.15) is 0 Å². The number of halogens is 1. The van der Waals surface area contributed by atoms with Crippen LogP contribution < -0.4 is 17.7 Å². The van der Waals surface area contributed by atoms with Crippen LogP contribution in [0.4, 0.5) is 0 Å². The largest absolute Gasteiger partial charge is 2.00 e. The maximum Gasteiger partial charge on any atom is 2.00 e. The van der Waals surface area contributed by atoms with Gasteiger partial charge in [-0.1, -0.05) is 0 Å². The molecule has 7 heavy (non-hydrogen) atoms. The predicted octanol–water partition coefficient (Wildman–Crippen LogP) is -3.81. The van der Waals surface area contributed by atoms with Crippen molar-refractivity contribution in [2.45, 2.75) is 0 Å². The maximum atomic E-state index is 9.59. The fraction of sp³-hybridized carbons (Fsp3) is 0.333. The molecule has 2 nitrogen and oxygen atoms in total. The van der Waals surface area contributed by atoms with Crippen molar-refractivity contribution in [1.29, 1.82) is 0 Å². The Kier molecular flexibility index (Phi) is 22.4. The topological polar surface area (TPSA) is 29.1 Å². The SMILES string of the molecule is [CH2-]C(=O)NC.[Ca+2].[Cl-]. The zero-order valence-corrected chi connectivity index (χ0v) is 7.16. The Morgan fingerprint density at radius 3 is 1.86 bits per heavy atom. The van der Waals surface area contributed by atoms with Gasteiger partial charge < -0.3 is 29.4 Å². The molecule has 0 saturated carbocycles. The normalized spacial score (nSPS) is 4.71. The third-order valence-electron chi connectivity index (χ3n) is 0.279. The summed E-state index contributed by atoms with van der Waals surface area (Å²) in [7, 11) is 1.54. The number of hydrogen-bond donors (Lipinski definition) is 1. The van der Waals surface area contributed by atoms with Crippen LogP contribution >= 0.6 is 0 Å². The van der Waals surface area contributed by atoms with E-state index in [4.69, 9.17) is 0 Å². The number of hydrogen-bond acceptors (Lipinski definition) is 1. The molecule has 0 rings (SSSR count). The van der Waals surface area contributed by atoms with Crippen LogP contribution in [0.1, 0.15) is 0 Å². The molecule has 0 aromatic rings. The van der Waals surface area contributed by atoms with E-state index in [1.165, 1.54) is 7.05 Å². The van der Waals surface area contributed by atoms with Crippen molar-refractivity contribution in [2.24, 2.45) is 0 Å². The van der Waals surface area contributed by atoms with E-state index in [1.807, 2.05) is 0 Å². The molecule has 38 valence electrons. The minimum absolute atomic E-state index is 0. The third-order valence-corrected chi connectivity index (χ3v) is 0.279. The van der Waals surface area contributed by atoms with Gasteiger partial charge in [-0.05, 0) is 0 Å². The summed E-state index contributed by atoms with van der Waals surface area (Å²) in [5.41, 5.74) is 0. The van der Waals surface area contributed by atoms with E-state index in [1.54, 1.807) is 0 Å². The number of amides is 1. The van der Waals surface area contributed by atoms with Crippen LogP contribution in [0.15, 0.2) is 0 Å². The molecule has 0 aliphatic carbocycles. The summed E-state index contributed by atoms with van der Waals surface area (Å²) in [4.78, 5) is 9.59. The summed E-state index contributed by atoms with van der Waals surface area (Å²) in [5, 5.41) is 2.28. The number of nitrogens with one attached hydrogen (secondary N) is 1. The number of carbonyl (C=O) groups excluding carboxylic acids is 1. The van der Waals surface area contributed by atoms with E-state index < -0.39 is 0 Å². The van der Waals surface area contributed by atoms with E-state index in [0.29, 0.717) is 0 Å². The summed E-state index contributed by atoms with van der Waals surface area (Å²) < 4.78 is 0. The second-order valence-corrected chi connectivity index (χ2v) is 0.673. The van der Waals surface area contributed by atoms with Crippen LogP contribution in [-0.4, -0.2) is 50.7 Å². The van der Waals surface area contributed by atoms with Gasteiger partial charge in [-0.15, -0.1) is 0 Å². The molecular weight excluding hydrogens is 142 g/mol. The molecule has 0 aromatic heterocycles. The second-order valence-electron chi connectivity index (χ2n) is 0.673. The van der Waals surface area contributed by atoms with Gasteiger partial charge in [0.2, 0.25) is 0 Å². The summed E-state index contributed by atoms with van der Waals surface area (Å²) in [6, 6.07) is 0. The monoisotopic (exact) mass is 147 g/mol. The Hall–Kier alpha value is 0.890. The summed E-state index contributed by atoms with van der Waals surface area (Å²) in [6.45, 7) is 3.01. The molecule has 0 spiro atoms. The van der Waals surface area contributed by atoms with Gasteiger partial charge in [0.25, 0.3) is 0 Å². The molecule has 4 heteroatoms. The van der Waals surface area contributed by atoms with Crippen molar-refractivity contribution in [3.05, 3.63) is 6.92 Å². The molecule has 0 bridgehead atoms. The molecule has 0 fully saturated rings. The quantitative estimate of drug-likeness (QED) is 0.276. The Labute approximate surface area is 79.4 Å². The van der Waals surface area contributed by atoms with Gasteiger partial charge in [0.15, 0.2) is 0 Å². The van der Waals surface area contributed by atoms with E-state index in [9.17, 15) is 4.79 Å². The predicted molar refractivity (Wildman–Crippen MR) is 25.2 cm³/mol. The number of carbonyl (C=O) groups is 1. The summed E-state index contributed by atoms with van der Waals surface area (Å²) in [5.74, 6) is -0.245. The standard InChI is InChI=1S/C3H6NO.Ca.ClH/c1-3(5)4-2;;/h1H2,2H3,(H,4,5);;1H/q-1;+2;/p-1. The van der Waals surface area contributed by atoms with Crippen molar-refractivity contribution in [1.82, 2.24) is 5.32 Å². The van der Waals surface area contributed by atoms with Gasteiger partial charge in [-0.2, -0.15) is 0 Å². The minimum Gasteiger partial charge on any atom is -1.00 e. The van der Waals surface area contributed by atoms with Crippen LogP contribution in [0, 0.1) is 6.92 Å². The average molecular weight is 148 g/mol. The molecule has 1 amide bonds. The van der Waals surface area contributed by atoms with Crippen molar-refractivity contribution in [2.75, 3.05) is 7.05 Å². The average Bonchev–Trinajstić information content (AvgIpc) is 1.38. The van der Waals surface area contributed by atoms with E-state index >= 15 is 0 Å². The minimum atomic E-state index is -0.245. The smallest absolute Gasteiger partial charge is 1.00 e. The van der Waals surface area contributed by atoms with E-state index in [2.05, 4.69) is 12.2 Å². The van der Waals surface area contributed by atoms with E-state index in [0.717, 1.165) is 0 Å². The van der Waals surface area contributed by atoms with Gasteiger partial charge in [0, 0.05) is 7.05 Å². The molecule has 0 aliphatic heterocycles. The molecular formula is C3H6CaClNO. The van der Waals surface area contributed by atoms with Gasteiger partial charge in [0.05, 0.1) is 5.91 Å². The van der Waals surface area contributed by atoms with Crippen molar-refractivity contribution >= 4 is 43.6 Å². The van der Waals surface area contributed by atoms with Crippen LogP contribution in [-0.2, 0) is 4.79 Å². The number of rotatable bonds is 0.